The van der Waals surface area contributed by atoms with Crippen LogP contribution in [0.2, 0.25) is 0 Å². The Bertz CT molecular complexity index is 1130. The van der Waals surface area contributed by atoms with E-state index in [0.29, 0.717) is 17.7 Å². The lowest BCUT2D eigenvalue weighted by Crippen LogP contribution is -2.43. The molecule has 162 valence electrons. The first-order valence-corrected chi connectivity index (χ1v) is 11.2. The number of primary amides is 1. The van der Waals surface area contributed by atoms with Gasteiger partial charge in [0.05, 0.1) is 0 Å². The van der Waals surface area contributed by atoms with Gasteiger partial charge in [0, 0.05) is 39.8 Å². The van der Waals surface area contributed by atoms with Gasteiger partial charge in [0.1, 0.15) is 0 Å². The summed E-state index contributed by atoms with van der Waals surface area (Å²) >= 11 is 1.53. The molecule has 0 bridgehead atoms. The fourth-order valence-corrected chi connectivity index (χ4v) is 4.66. The standard InChI is InChI=1S/C21H25N7O2S/c1-2-16(29)11-9-15(12-7-8-31-17(12)10-11)24-20-18(19(23)30)27-28-21(26-20)25-14-6-4-3-5-13(14)22/h7-10,13-14H,2-6,22H2,1H3,(H2,23,30)(H2,24,25,26,28)/t13-,14+/m0/s1. The normalized spacial score (nSPS) is 18.6. The van der Waals surface area contributed by atoms with E-state index in [1.165, 1.54) is 11.3 Å². The number of nitrogens with two attached hydrogens (primary N) is 2. The zero-order chi connectivity index (χ0) is 22.0. The Morgan fingerprint density at radius 1 is 1.23 bits per heavy atom. The fourth-order valence-electron chi connectivity index (χ4n) is 3.81. The van der Waals surface area contributed by atoms with Crippen LogP contribution in [-0.2, 0) is 0 Å². The van der Waals surface area contributed by atoms with Crippen LogP contribution in [0.3, 0.4) is 0 Å². The minimum absolute atomic E-state index is 0.00625. The molecule has 1 amide bonds. The number of hydrogen-bond acceptors (Lipinski definition) is 9. The fraction of sp³-hybridized carbons (Fsp3) is 0.381. The first kappa shape index (κ1) is 21.1. The van der Waals surface area contributed by atoms with E-state index in [4.69, 9.17) is 11.5 Å². The summed E-state index contributed by atoms with van der Waals surface area (Å²) < 4.78 is 0.955. The van der Waals surface area contributed by atoms with E-state index in [1.807, 2.05) is 24.4 Å². The summed E-state index contributed by atoms with van der Waals surface area (Å²) in [6.07, 6.45) is 4.44. The first-order valence-electron chi connectivity index (χ1n) is 10.3. The maximum Gasteiger partial charge on any atom is 0.273 e. The van der Waals surface area contributed by atoms with Crippen molar-refractivity contribution in [3.8, 4) is 0 Å². The number of benzene rings is 1. The van der Waals surface area contributed by atoms with Gasteiger partial charge in [-0.25, -0.2) is 0 Å². The number of anilines is 3. The third kappa shape index (κ3) is 4.49. The van der Waals surface area contributed by atoms with Crippen LogP contribution in [-0.4, -0.2) is 39.0 Å². The third-order valence-corrected chi connectivity index (χ3v) is 6.39. The van der Waals surface area contributed by atoms with E-state index in [0.717, 1.165) is 35.8 Å². The van der Waals surface area contributed by atoms with Gasteiger partial charge in [-0.05, 0) is 36.4 Å². The molecule has 9 nitrogen and oxygen atoms in total. The lowest BCUT2D eigenvalue weighted by Gasteiger charge is -2.29. The predicted octanol–water partition coefficient (Wildman–Crippen LogP) is 3.20. The maximum absolute atomic E-state index is 12.3. The van der Waals surface area contributed by atoms with Crippen LogP contribution < -0.4 is 22.1 Å². The highest BCUT2D eigenvalue weighted by Gasteiger charge is 2.24. The smallest absolute Gasteiger partial charge is 0.273 e. The van der Waals surface area contributed by atoms with E-state index in [-0.39, 0.29) is 35.3 Å². The van der Waals surface area contributed by atoms with Crippen LogP contribution in [0.15, 0.2) is 23.6 Å². The third-order valence-electron chi connectivity index (χ3n) is 5.52. The predicted molar refractivity (Wildman–Crippen MR) is 122 cm³/mol. The number of nitrogens with one attached hydrogen (secondary N) is 2. The molecule has 0 unspecified atom stereocenters. The van der Waals surface area contributed by atoms with Gasteiger partial charge in [-0.1, -0.05) is 19.8 Å². The number of hydrogen-bond donors (Lipinski definition) is 4. The van der Waals surface area contributed by atoms with E-state index in [2.05, 4.69) is 25.8 Å². The van der Waals surface area contributed by atoms with Crippen molar-refractivity contribution < 1.29 is 9.59 Å². The Morgan fingerprint density at radius 3 is 2.77 bits per heavy atom. The number of amides is 1. The number of ketones is 1. The molecule has 2 atom stereocenters. The quantitative estimate of drug-likeness (QED) is 0.410. The molecule has 1 aromatic carbocycles. The Morgan fingerprint density at radius 2 is 2.03 bits per heavy atom. The van der Waals surface area contributed by atoms with Gasteiger partial charge in [-0.2, -0.15) is 4.98 Å². The van der Waals surface area contributed by atoms with Crippen molar-refractivity contribution in [2.24, 2.45) is 11.5 Å². The number of carbonyl (C=O) groups excluding carboxylic acids is 2. The second-order valence-corrected chi connectivity index (χ2v) is 8.60. The number of fused-ring (bicyclic) bond motifs is 1. The molecular formula is C21H25N7O2S. The highest BCUT2D eigenvalue weighted by Crippen LogP contribution is 2.32. The molecule has 0 aliphatic heterocycles. The summed E-state index contributed by atoms with van der Waals surface area (Å²) in [5.74, 6) is -0.256. The zero-order valence-corrected chi connectivity index (χ0v) is 18.0. The molecule has 1 aliphatic rings. The molecule has 1 aliphatic carbocycles. The van der Waals surface area contributed by atoms with Crippen LogP contribution >= 0.6 is 11.3 Å². The maximum atomic E-state index is 12.3. The van der Waals surface area contributed by atoms with E-state index >= 15 is 0 Å². The Labute approximate surface area is 183 Å². The monoisotopic (exact) mass is 439 g/mol. The van der Waals surface area contributed by atoms with Crippen molar-refractivity contribution in [2.45, 2.75) is 51.1 Å². The highest BCUT2D eigenvalue weighted by molar-refractivity contribution is 7.17. The molecule has 2 aromatic heterocycles. The van der Waals surface area contributed by atoms with E-state index in [1.54, 1.807) is 6.07 Å². The van der Waals surface area contributed by atoms with Crippen LogP contribution in [0.5, 0.6) is 0 Å². The zero-order valence-electron chi connectivity index (χ0n) is 17.2. The molecule has 4 rings (SSSR count). The topological polar surface area (TPSA) is 149 Å². The van der Waals surface area contributed by atoms with Gasteiger partial charge in [-0.15, -0.1) is 21.5 Å². The van der Waals surface area contributed by atoms with Gasteiger partial charge in [0.2, 0.25) is 5.95 Å². The van der Waals surface area contributed by atoms with Crippen molar-refractivity contribution in [3.05, 3.63) is 34.8 Å². The first-order chi connectivity index (χ1) is 15.0. The molecule has 6 N–H and O–H groups in total. The van der Waals surface area contributed by atoms with Crippen molar-refractivity contribution in [2.75, 3.05) is 10.6 Å². The molecule has 10 heteroatoms. The van der Waals surface area contributed by atoms with Crippen molar-refractivity contribution in [1.82, 2.24) is 15.2 Å². The van der Waals surface area contributed by atoms with Crippen molar-refractivity contribution >= 4 is 50.6 Å². The summed E-state index contributed by atoms with van der Waals surface area (Å²) in [6, 6.07) is 5.63. The second-order valence-electron chi connectivity index (χ2n) is 7.65. The molecular weight excluding hydrogens is 414 g/mol. The number of nitrogens with zero attached hydrogens (tertiary/aromatic N) is 3. The summed E-state index contributed by atoms with van der Waals surface area (Å²) in [5, 5.41) is 17.3. The second kappa shape index (κ2) is 8.94. The number of aromatic nitrogens is 3. The van der Waals surface area contributed by atoms with E-state index in [9.17, 15) is 9.59 Å². The molecule has 1 fully saturated rings. The van der Waals surface area contributed by atoms with Gasteiger partial charge >= 0.3 is 0 Å². The van der Waals surface area contributed by atoms with Crippen molar-refractivity contribution in [3.63, 3.8) is 0 Å². The SMILES string of the molecule is CCC(=O)c1cc(Nc2nc(N[C@@H]3CCCC[C@@H]3N)nnc2C(N)=O)c2ccsc2c1. The molecule has 0 radical (unpaired) electrons. The van der Waals surface area contributed by atoms with Gasteiger partial charge in [0.15, 0.2) is 17.3 Å². The van der Waals surface area contributed by atoms with Crippen LogP contribution in [0.4, 0.5) is 17.5 Å². The minimum Gasteiger partial charge on any atom is -0.364 e. The number of Topliss-reactive ketones (excluding diaryl/α,β-unsaturated/α-hetero) is 1. The molecule has 31 heavy (non-hydrogen) atoms. The molecule has 3 aromatic rings. The summed E-state index contributed by atoms with van der Waals surface area (Å²) in [7, 11) is 0. The highest BCUT2D eigenvalue weighted by atomic mass is 32.1. The van der Waals surface area contributed by atoms with Gasteiger partial charge in [-0.3, -0.25) is 9.59 Å². The summed E-state index contributed by atoms with van der Waals surface area (Å²) in [6.45, 7) is 1.82. The minimum atomic E-state index is -0.745. The average Bonchev–Trinajstić information content (AvgIpc) is 3.24. The Hall–Kier alpha value is -3.11. The van der Waals surface area contributed by atoms with Crippen LogP contribution in [0.25, 0.3) is 10.1 Å². The molecule has 0 spiro atoms. The van der Waals surface area contributed by atoms with E-state index < -0.39 is 5.91 Å². The summed E-state index contributed by atoms with van der Waals surface area (Å²) in [4.78, 5) is 28.7. The Balaban J connectivity index is 1.70. The largest absolute Gasteiger partial charge is 0.364 e. The molecule has 1 saturated carbocycles. The summed E-state index contributed by atoms with van der Waals surface area (Å²) in [5.41, 5.74) is 12.9. The van der Waals surface area contributed by atoms with Crippen LogP contribution in [0, 0.1) is 0 Å². The lowest BCUT2D eigenvalue weighted by molar-refractivity contribution is 0.0982. The average molecular weight is 440 g/mol. The van der Waals surface area contributed by atoms with Crippen molar-refractivity contribution in [1.29, 1.82) is 0 Å². The molecule has 0 saturated heterocycles. The van der Waals surface area contributed by atoms with Crippen LogP contribution in [0.1, 0.15) is 59.9 Å². The number of rotatable bonds is 7. The number of carbonyl (C=O) groups is 2. The number of thiophene rings is 1. The van der Waals surface area contributed by atoms with Gasteiger partial charge < -0.3 is 22.1 Å². The molecule has 2 heterocycles. The lowest BCUT2D eigenvalue weighted by atomic mass is 9.91. The Kier molecular flexibility index (Phi) is 6.10. The van der Waals surface area contributed by atoms with Gasteiger partial charge in [0.25, 0.3) is 5.91 Å².